The molecule has 2 aliphatic rings. The Morgan fingerprint density at radius 2 is 1.00 bits per heavy atom. The number of hydrogen-bond donors (Lipinski definition) is 1. The fraction of sp³-hybridized carbons (Fsp3) is 0.200. The minimum atomic E-state index is -6.54. The number of ether oxygens (including phenoxy) is 3. The van der Waals surface area contributed by atoms with E-state index in [1.54, 1.807) is 18.2 Å². The first-order valence-electron chi connectivity index (χ1n) is 18.3. The van der Waals surface area contributed by atoms with E-state index >= 15 is 0 Å². The zero-order valence-corrected chi connectivity index (χ0v) is 32.0. The monoisotopic (exact) mass is 906 g/mol. The molecule has 0 saturated carbocycles. The number of alkyl halides is 12. The molecule has 0 fully saturated rings. The van der Waals surface area contributed by atoms with Crippen LogP contribution in [0.25, 0.3) is 89.7 Å². The van der Waals surface area contributed by atoms with Gasteiger partial charge >= 0.3 is 30.6 Å². The van der Waals surface area contributed by atoms with Crippen LogP contribution in [0.4, 0.5) is 52.7 Å². The number of H-pyrrole nitrogens is 1. The predicted octanol–water partition coefficient (Wildman–Crippen LogP) is 10.9. The lowest BCUT2D eigenvalue weighted by atomic mass is 10.1. The minimum absolute atomic E-state index is 0.0536. The molecule has 9 rings (SSSR count). The topological polar surface area (TPSA) is 135 Å². The maximum Gasteiger partial charge on any atom is 0.499 e. The van der Waals surface area contributed by atoms with Crippen molar-refractivity contribution in [3.05, 3.63) is 78.9 Å². The van der Waals surface area contributed by atoms with Crippen LogP contribution >= 0.6 is 0 Å². The molecule has 2 aliphatic heterocycles. The highest BCUT2D eigenvalue weighted by molar-refractivity contribution is 6.11. The standard InChI is InChI=1S/C40H22F12N8O4/c1-36(42,43)62-27-25-23(15-24(26(27)63-38(46,47)16-41)61-40(51,52)39(48,49)50)32-55-28-17-9-3-5-11-19(17)30(53-28)58-34-21-13-7-8-14-22(21)35(60(34)64-37(2,44)45)59-31-20-12-6-4-10-18(20)29(54-31)56-33(25)57-32/h3-15H,16H2,1-2H3,(H,53,54,55,56,57,58,59). The summed E-state index contributed by atoms with van der Waals surface area (Å²) in [5, 5.41) is -1.17. The maximum absolute atomic E-state index is 15.0. The molecular weight excluding hydrogens is 884 g/mol. The van der Waals surface area contributed by atoms with Crippen LogP contribution in [-0.2, 0) is 0 Å². The van der Waals surface area contributed by atoms with E-state index in [4.69, 9.17) is 4.84 Å². The molecule has 1 N–H and O–H groups in total. The zero-order valence-electron chi connectivity index (χ0n) is 32.0. The third kappa shape index (κ3) is 7.40. The minimum Gasteiger partial charge on any atom is -0.428 e. The van der Waals surface area contributed by atoms with Gasteiger partial charge in [0.2, 0.25) is 5.75 Å². The van der Waals surface area contributed by atoms with Crippen LogP contribution in [0.2, 0.25) is 0 Å². The van der Waals surface area contributed by atoms with E-state index in [0.29, 0.717) is 11.7 Å². The van der Waals surface area contributed by atoms with Crippen LogP contribution < -0.4 is 19.0 Å². The van der Waals surface area contributed by atoms with Gasteiger partial charge in [0.15, 0.2) is 52.8 Å². The van der Waals surface area contributed by atoms with Crippen LogP contribution in [0.15, 0.2) is 78.9 Å². The molecule has 0 spiro atoms. The van der Waals surface area contributed by atoms with Crippen molar-refractivity contribution in [2.75, 3.05) is 6.67 Å². The van der Waals surface area contributed by atoms with E-state index in [2.05, 4.69) is 49.1 Å². The van der Waals surface area contributed by atoms with E-state index in [9.17, 15) is 52.7 Å². The van der Waals surface area contributed by atoms with Crippen molar-refractivity contribution in [1.82, 2.24) is 39.6 Å². The molecule has 8 bridgehead atoms. The van der Waals surface area contributed by atoms with Gasteiger partial charge in [-0.1, -0.05) is 72.8 Å². The van der Waals surface area contributed by atoms with E-state index < -0.39 is 76.6 Å². The first-order chi connectivity index (χ1) is 30.0. The van der Waals surface area contributed by atoms with Crippen LogP contribution in [0.5, 0.6) is 17.2 Å². The fourth-order valence-corrected chi connectivity index (χ4v) is 6.87. The van der Waals surface area contributed by atoms with E-state index in [-0.39, 0.29) is 80.6 Å². The summed E-state index contributed by atoms with van der Waals surface area (Å²) in [4.78, 5) is 34.8. The molecule has 330 valence electrons. The Bertz CT molecular complexity index is 3220. The van der Waals surface area contributed by atoms with Gasteiger partial charge in [-0.2, -0.15) is 48.3 Å². The molecule has 0 unspecified atom stereocenters. The molecule has 0 radical (unpaired) electrons. The Morgan fingerprint density at radius 3 is 1.45 bits per heavy atom. The molecule has 3 aromatic heterocycles. The third-order valence-electron chi connectivity index (χ3n) is 9.33. The molecule has 64 heavy (non-hydrogen) atoms. The van der Waals surface area contributed by atoms with Gasteiger partial charge in [0.25, 0.3) is 0 Å². The van der Waals surface area contributed by atoms with E-state index in [0.717, 1.165) is 0 Å². The number of aromatic amines is 1. The summed E-state index contributed by atoms with van der Waals surface area (Å²) in [5.74, 6) is -6.79. The second kappa shape index (κ2) is 14.3. The van der Waals surface area contributed by atoms with Crippen LogP contribution in [0.3, 0.4) is 0 Å². The Hall–Kier alpha value is -7.40. The smallest absolute Gasteiger partial charge is 0.428 e. The normalized spacial score (nSPS) is 13.2. The Kier molecular flexibility index (Phi) is 9.38. The lowest BCUT2D eigenvalue weighted by molar-refractivity contribution is -0.361. The van der Waals surface area contributed by atoms with Crippen molar-refractivity contribution in [2.24, 2.45) is 0 Å². The summed E-state index contributed by atoms with van der Waals surface area (Å²) in [6.45, 7) is -2.22. The first-order valence-corrected chi connectivity index (χ1v) is 18.3. The molecule has 7 aromatic rings. The quantitative estimate of drug-likeness (QED) is 0.139. The van der Waals surface area contributed by atoms with Gasteiger partial charge in [-0.05, 0) is 6.07 Å². The highest BCUT2D eigenvalue weighted by Crippen LogP contribution is 2.52. The maximum atomic E-state index is 15.0. The second-order valence-corrected chi connectivity index (χ2v) is 14.1. The van der Waals surface area contributed by atoms with Gasteiger partial charge in [-0.15, -0.1) is 4.73 Å². The summed E-state index contributed by atoms with van der Waals surface area (Å²) in [6, 6.07) is 18.5. The summed E-state index contributed by atoms with van der Waals surface area (Å²) in [5.41, 5.74) is -1.19. The fourth-order valence-electron chi connectivity index (χ4n) is 6.87. The molecule has 0 atom stereocenters. The number of fused-ring (bicyclic) bond motifs is 20. The summed E-state index contributed by atoms with van der Waals surface area (Å²) in [6.07, 6.45) is -26.1. The summed E-state index contributed by atoms with van der Waals surface area (Å²) >= 11 is 0. The van der Waals surface area contributed by atoms with Crippen LogP contribution in [0, 0.1) is 0 Å². The molecule has 0 amide bonds. The molecule has 0 aliphatic carbocycles. The third-order valence-corrected chi connectivity index (χ3v) is 9.33. The van der Waals surface area contributed by atoms with E-state index in [1.165, 1.54) is 54.6 Å². The highest BCUT2D eigenvalue weighted by Gasteiger charge is 2.62. The molecular formula is C40H22F12N8O4. The average molecular weight is 907 g/mol. The van der Waals surface area contributed by atoms with Crippen molar-refractivity contribution in [3.8, 4) is 62.8 Å². The van der Waals surface area contributed by atoms with Crippen LogP contribution in [-0.4, -0.2) is 76.9 Å². The number of nitrogens with zero attached hydrogens (tertiary/aromatic N) is 7. The Balaban J connectivity index is 1.52. The van der Waals surface area contributed by atoms with Gasteiger partial charge in [-0.25, -0.2) is 34.3 Å². The van der Waals surface area contributed by atoms with Gasteiger partial charge in [0.1, 0.15) is 11.3 Å². The van der Waals surface area contributed by atoms with Crippen molar-refractivity contribution >= 4 is 44.1 Å². The molecule has 5 heterocycles. The van der Waals surface area contributed by atoms with Gasteiger partial charge in [0, 0.05) is 52.3 Å². The van der Waals surface area contributed by atoms with Gasteiger partial charge in [0.05, 0.1) is 5.39 Å². The number of benzene rings is 4. The van der Waals surface area contributed by atoms with Crippen molar-refractivity contribution in [1.29, 1.82) is 0 Å². The predicted molar refractivity (Wildman–Crippen MR) is 201 cm³/mol. The number of aromatic nitrogens is 8. The Morgan fingerprint density at radius 1 is 0.531 bits per heavy atom. The SMILES string of the molecule is CC(F)(F)Oc1c(OC(F)(F)CF)c(OC(F)(F)C(F)(F)F)cc2c3nc4nc(nc5c6ccccc6c(nc6nc(nc([nH]3)c12)-c1ccccc1-6)n5OC(C)(F)F)-c1ccccc1-4. The van der Waals surface area contributed by atoms with Crippen LogP contribution in [0.1, 0.15) is 13.8 Å². The van der Waals surface area contributed by atoms with Gasteiger partial charge in [-0.3, -0.25) is 0 Å². The Labute approximate surface area is 348 Å². The summed E-state index contributed by atoms with van der Waals surface area (Å²) in [7, 11) is 0. The molecule has 0 saturated heterocycles. The van der Waals surface area contributed by atoms with Crippen molar-refractivity contribution in [2.45, 2.75) is 44.5 Å². The number of rotatable bonds is 9. The number of nitrogens with one attached hydrogen (secondary N) is 1. The first kappa shape index (κ1) is 41.9. The molecule has 12 nitrogen and oxygen atoms in total. The number of halogens is 12. The number of hydrogen-bond acceptors (Lipinski definition) is 10. The molecule has 4 aromatic carbocycles. The average Bonchev–Trinajstić information content (AvgIpc) is 3.92. The largest absolute Gasteiger partial charge is 0.499 e. The second-order valence-electron chi connectivity index (χ2n) is 14.1. The summed E-state index contributed by atoms with van der Waals surface area (Å²) < 4.78 is 186. The van der Waals surface area contributed by atoms with Gasteiger partial charge < -0.3 is 24.0 Å². The highest BCUT2D eigenvalue weighted by atomic mass is 19.4. The molecule has 24 heteroatoms. The van der Waals surface area contributed by atoms with Crippen molar-refractivity contribution < 1.29 is 71.7 Å². The lowest BCUT2D eigenvalue weighted by Crippen LogP contribution is -2.42. The van der Waals surface area contributed by atoms with Crippen molar-refractivity contribution in [3.63, 3.8) is 0 Å². The zero-order chi connectivity index (χ0) is 45.7. The van der Waals surface area contributed by atoms with E-state index in [1.807, 2.05) is 0 Å². The lowest BCUT2D eigenvalue weighted by Gasteiger charge is -2.25.